The maximum atomic E-state index is 12.5. The molecule has 1 fully saturated rings. The third-order valence-electron chi connectivity index (χ3n) is 7.53. The molecule has 0 amide bonds. The van der Waals surface area contributed by atoms with Crippen molar-refractivity contribution in [1.82, 2.24) is 4.90 Å². The Morgan fingerprint density at radius 3 is 2.57 bits per heavy atom. The molecular weight excluding hydrogens is 508 g/mol. The van der Waals surface area contributed by atoms with E-state index in [1.54, 1.807) is 12.1 Å². The van der Waals surface area contributed by atoms with Gasteiger partial charge in [0.2, 0.25) is 0 Å². The third-order valence-corrected chi connectivity index (χ3v) is 8.08. The van der Waals surface area contributed by atoms with Crippen molar-refractivity contribution in [2.75, 3.05) is 26.3 Å². The Kier molecular flexibility index (Phi) is 8.09. The van der Waals surface area contributed by atoms with Crippen molar-refractivity contribution in [1.29, 1.82) is 0 Å². The van der Waals surface area contributed by atoms with Gasteiger partial charge in [-0.1, -0.05) is 47.5 Å². The van der Waals surface area contributed by atoms with Crippen LogP contribution >= 0.6 is 23.2 Å². The molecule has 1 saturated heterocycles. The van der Waals surface area contributed by atoms with Crippen molar-refractivity contribution in [3.8, 4) is 11.5 Å². The largest absolute Gasteiger partial charge is 0.508 e. The summed E-state index contributed by atoms with van der Waals surface area (Å²) in [6, 6.07) is 17.8. The average Bonchev–Trinajstić information content (AvgIpc) is 3.24. The fourth-order valence-corrected chi connectivity index (χ4v) is 6.16. The molecule has 0 radical (unpaired) electrons. The Hall–Kier alpha value is -2.53. The lowest BCUT2D eigenvalue weighted by Crippen LogP contribution is -2.26. The van der Waals surface area contributed by atoms with Gasteiger partial charge in [-0.05, 0) is 108 Å². The normalized spacial score (nSPS) is 18.1. The zero-order valence-electron chi connectivity index (χ0n) is 21.1. The minimum atomic E-state index is -0.273. The molecule has 3 aromatic carbocycles. The molecular formula is C31H32Cl2FNO2. The fraction of sp³-hybridized carbons (Fsp3) is 0.355. The van der Waals surface area contributed by atoms with Gasteiger partial charge in [0.15, 0.2) is 0 Å². The van der Waals surface area contributed by atoms with E-state index in [9.17, 15) is 9.50 Å². The van der Waals surface area contributed by atoms with Gasteiger partial charge in [0.05, 0.1) is 6.67 Å². The lowest BCUT2D eigenvalue weighted by atomic mass is 9.86. The van der Waals surface area contributed by atoms with Gasteiger partial charge in [-0.15, -0.1) is 0 Å². The second-order valence-electron chi connectivity index (χ2n) is 9.96. The van der Waals surface area contributed by atoms with Crippen molar-refractivity contribution in [3.63, 3.8) is 0 Å². The number of ether oxygens (including phenoxy) is 1. The molecule has 194 valence electrons. The molecule has 0 aromatic heterocycles. The summed E-state index contributed by atoms with van der Waals surface area (Å²) in [7, 11) is 0. The van der Waals surface area contributed by atoms with Gasteiger partial charge in [-0.25, -0.2) is 0 Å². The number of phenolic OH excluding ortho intramolecular Hbond substituents is 1. The number of likely N-dealkylation sites (tertiary alicyclic amines) is 1. The van der Waals surface area contributed by atoms with Crippen LogP contribution in [0.4, 0.5) is 4.39 Å². The van der Waals surface area contributed by atoms with Crippen LogP contribution in [0, 0.1) is 6.92 Å². The monoisotopic (exact) mass is 539 g/mol. The van der Waals surface area contributed by atoms with Gasteiger partial charge < -0.3 is 9.84 Å². The zero-order chi connectivity index (χ0) is 25.9. The Morgan fingerprint density at radius 2 is 1.81 bits per heavy atom. The smallest absolute Gasteiger partial charge is 0.119 e. The highest BCUT2D eigenvalue weighted by Gasteiger charge is 2.25. The van der Waals surface area contributed by atoms with Crippen LogP contribution in [0.3, 0.4) is 0 Å². The van der Waals surface area contributed by atoms with E-state index in [1.165, 1.54) is 11.1 Å². The summed E-state index contributed by atoms with van der Waals surface area (Å²) in [6.07, 6.45) is 4.36. The van der Waals surface area contributed by atoms with Gasteiger partial charge in [-0.2, -0.15) is 0 Å². The van der Waals surface area contributed by atoms with Crippen LogP contribution < -0.4 is 4.74 Å². The highest BCUT2D eigenvalue weighted by Crippen LogP contribution is 2.44. The molecule has 2 aliphatic rings. The van der Waals surface area contributed by atoms with Gasteiger partial charge in [0.25, 0.3) is 0 Å². The van der Waals surface area contributed by atoms with Crippen LogP contribution in [0.15, 0.2) is 54.6 Å². The summed E-state index contributed by atoms with van der Waals surface area (Å²) in [5, 5.41) is 11.7. The number of fused-ring (bicyclic) bond motifs is 1. The quantitative estimate of drug-likeness (QED) is 0.329. The molecule has 1 aliphatic heterocycles. The molecule has 1 N–H and O–H groups in total. The van der Waals surface area contributed by atoms with E-state index in [4.69, 9.17) is 27.9 Å². The van der Waals surface area contributed by atoms with E-state index in [2.05, 4.69) is 17.0 Å². The number of nitrogens with zero attached hydrogens (tertiary/aromatic N) is 1. The van der Waals surface area contributed by atoms with Crippen molar-refractivity contribution >= 4 is 34.3 Å². The maximum Gasteiger partial charge on any atom is 0.119 e. The van der Waals surface area contributed by atoms with E-state index >= 15 is 0 Å². The van der Waals surface area contributed by atoms with Crippen LogP contribution in [0.5, 0.6) is 11.5 Å². The molecule has 6 heteroatoms. The molecule has 0 spiro atoms. The molecule has 0 unspecified atom stereocenters. The molecule has 1 heterocycles. The Balaban J connectivity index is 1.51. The number of hydrogen-bond donors (Lipinski definition) is 1. The van der Waals surface area contributed by atoms with Gasteiger partial charge in [0, 0.05) is 29.7 Å². The number of allylic oxidation sites excluding steroid dienone is 1. The van der Waals surface area contributed by atoms with Crippen molar-refractivity contribution in [3.05, 3.63) is 92.5 Å². The van der Waals surface area contributed by atoms with E-state index < -0.39 is 0 Å². The highest BCUT2D eigenvalue weighted by atomic mass is 35.5. The molecule has 0 bridgehead atoms. The average molecular weight is 541 g/mol. The minimum Gasteiger partial charge on any atom is -0.508 e. The lowest BCUT2D eigenvalue weighted by molar-refractivity contribution is 0.198. The van der Waals surface area contributed by atoms with E-state index in [0.717, 1.165) is 78.9 Å². The van der Waals surface area contributed by atoms with Crippen molar-refractivity contribution in [2.45, 2.75) is 45.1 Å². The molecule has 3 aromatic rings. The molecule has 5 rings (SSSR count). The van der Waals surface area contributed by atoms with Gasteiger partial charge in [-0.3, -0.25) is 9.29 Å². The van der Waals surface area contributed by atoms with Crippen LogP contribution in [0.25, 0.3) is 11.1 Å². The predicted molar refractivity (Wildman–Crippen MR) is 151 cm³/mol. The second kappa shape index (κ2) is 11.5. The molecule has 3 nitrogen and oxygen atoms in total. The number of halogens is 3. The standard InChI is InChI=1S/C31H32Cl2FNO2/c1-20-25-4-2-5-27(26-11-8-22(32)18-29(26)33)31(28(25)12-13-30(20)36)21-6-9-23(10-7-21)37-24-14-17-35(19-24)16-3-15-34/h6-13,18,24,36H,2-5,14-17,19H2,1H3/t24-/m0/s1. The fourth-order valence-electron chi connectivity index (χ4n) is 5.64. The molecule has 37 heavy (non-hydrogen) atoms. The Bertz CT molecular complexity index is 1310. The van der Waals surface area contributed by atoms with Crippen LogP contribution in [-0.2, 0) is 6.42 Å². The van der Waals surface area contributed by atoms with Gasteiger partial charge in [0.1, 0.15) is 17.6 Å². The number of hydrogen-bond acceptors (Lipinski definition) is 3. The highest BCUT2D eigenvalue weighted by molar-refractivity contribution is 6.36. The molecule has 0 saturated carbocycles. The summed E-state index contributed by atoms with van der Waals surface area (Å²) in [6.45, 7) is 4.28. The van der Waals surface area contributed by atoms with E-state index in [0.29, 0.717) is 22.2 Å². The predicted octanol–water partition coefficient (Wildman–Crippen LogP) is 8.12. The Morgan fingerprint density at radius 1 is 1.03 bits per heavy atom. The summed E-state index contributed by atoms with van der Waals surface area (Å²) in [4.78, 5) is 2.27. The first kappa shape index (κ1) is 26.1. The first-order valence-corrected chi connectivity index (χ1v) is 13.8. The zero-order valence-corrected chi connectivity index (χ0v) is 22.6. The second-order valence-corrected chi connectivity index (χ2v) is 10.8. The first-order chi connectivity index (χ1) is 17.9. The van der Waals surface area contributed by atoms with E-state index in [-0.39, 0.29) is 12.8 Å². The van der Waals surface area contributed by atoms with Crippen LogP contribution in [-0.4, -0.2) is 42.4 Å². The SMILES string of the molecule is Cc1c(O)ccc2c1CCCC(c1ccc(Cl)cc1Cl)=C2c1ccc(O[C@H]2CCN(CCCF)C2)cc1. The van der Waals surface area contributed by atoms with Crippen molar-refractivity contribution in [2.24, 2.45) is 0 Å². The number of aromatic hydroxyl groups is 1. The van der Waals surface area contributed by atoms with Crippen LogP contribution in [0.2, 0.25) is 10.0 Å². The van der Waals surface area contributed by atoms with Crippen LogP contribution in [0.1, 0.15) is 53.5 Å². The summed E-state index contributed by atoms with van der Waals surface area (Å²) in [5.74, 6) is 1.16. The summed E-state index contributed by atoms with van der Waals surface area (Å²) < 4.78 is 18.8. The lowest BCUT2D eigenvalue weighted by Gasteiger charge is -2.20. The maximum absolute atomic E-state index is 12.5. The number of alkyl halides is 1. The van der Waals surface area contributed by atoms with Gasteiger partial charge >= 0.3 is 0 Å². The summed E-state index contributed by atoms with van der Waals surface area (Å²) >= 11 is 12.9. The van der Waals surface area contributed by atoms with Crippen molar-refractivity contribution < 1.29 is 14.2 Å². The topological polar surface area (TPSA) is 32.7 Å². The Labute approximate surface area is 228 Å². The number of phenols is 1. The summed E-state index contributed by atoms with van der Waals surface area (Å²) in [5.41, 5.74) is 7.61. The molecule has 1 aliphatic carbocycles. The number of rotatable bonds is 7. The third kappa shape index (κ3) is 5.67. The molecule has 1 atom stereocenters. The first-order valence-electron chi connectivity index (χ1n) is 13.0. The number of benzene rings is 3. The van der Waals surface area contributed by atoms with E-state index in [1.807, 2.05) is 37.3 Å². The minimum absolute atomic E-state index is 0.123.